The smallest absolute Gasteiger partial charge is 0.417 e. The molecule has 21 heteroatoms. The summed E-state index contributed by atoms with van der Waals surface area (Å²) in [5.41, 5.74) is 2.68. The number of alkyl halides is 3. The summed E-state index contributed by atoms with van der Waals surface area (Å²) in [4.78, 5) is 62.4. The second kappa shape index (κ2) is 17.4. The molecule has 2 amide bonds. The van der Waals surface area contributed by atoms with Gasteiger partial charge in [0.25, 0.3) is 0 Å². The number of anilines is 5. The molecule has 3 aliphatic heterocycles. The molecule has 8 rings (SSSR count). The summed E-state index contributed by atoms with van der Waals surface area (Å²) in [7, 11) is 3.25. The number of fused-ring (bicyclic) bond motifs is 2. The summed E-state index contributed by atoms with van der Waals surface area (Å²) < 4.78 is 53.9. The number of benzene rings is 1. The molecule has 4 N–H and O–H groups in total. The fourth-order valence-electron chi connectivity index (χ4n) is 9.18. The number of nitrogens with one attached hydrogen (secondary N) is 4. The Balaban J connectivity index is 0.826. The Morgan fingerprint density at radius 3 is 2.56 bits per heavy atom. The van der Waals surface area contributed by atoms with Crippen LogP contribution in [0.2, 0.25) is 5.15 Å². The van der Waals surface area contributed by atoms with Crippen molar-refractivity contribution in [3.63, 3.8) is 0 Å². The number of likely N-dealkylation sites (tertiary alicyclic amines) is 1. The first-order valence-corrected chi connectivity index (χ1v) is 20.6. The van der Waals surface area contributed by atoms with Crippen LogP contribution in [0.4, 0.5) is 46.4 Å². The van der Waals surface area contributed by atoms with Crippen LogP contribution in [0, 0.1) is 11.3 Å². The second-order valence-corrected chi connectivity index (χ2v) is 16.6. The predicted octanol–water partition coefficient (Wildman–Crippen LogP) is 5.85. The summed E-state index contributed by atoms with van der Waals surface area (Å²) in [6.07, 6.45) is 0.580. The zero-order valence-electron chi connectivity index (χ0n) is 34.4. The Morgan fingerprint density at radius 2 is 1.84 bits per heavy atom. The molecule has 1 unspecified atom stereocenters. The largest absolute Gasteiger partial charge is 0.475 e. The molecule has 63 heavy (non-hydrogen) atoms. The number of hydrogen-bond donors (Lipinski definition) is 4. The number of piperidine rings is 1. The van der Waals surface area contributed by atoms with Gasteiger partial charge in [0.15, 0.2) is 16.7 Å². The Hall–Kier alpha value is -6.39. The van der Waals surface area contributed by atoms with Gasteiger partial charge in [0.1, 0.15) is 35.6 Å². The Labute approximate surface area is 363 Å². The van der Waals surface area contributed by atoms with Crippen molar-refractivity contribution in [3.05, 3.63) is 76.4 Å². The maximum absolute atomic E-state index is 13.7. The van der Waals surface area contributed by atoms with E-state index in [1.165, 1.54) is 23.9 Å². The Bertz CT molecular complexity index is 2590. The molecule has 1 aromatic carbocycles. The average molecular weight is 890 g/mol. The number of amides is 2. The summed E-state index contributed by atoms with van der Waals surface area (Å²) in [5, 5.41) is 15.8. The van der Waals surface area contributed by atoms with Gasteiger partial charge >= 0.3 is 12.2 Å². The first-order valence-electron chi connectivity index (χ1n) is 20.2. The van der Waals surface area contributed by atoms with Crippen molar-refractivity contribution in [1.82, 2.24) is 29.8 Å². The number of urea groups is 1. The summed E-state index contributed by atoms with van der Waals surface area (Å²) in [6.45, 7) is 4.79. The average Bonchev–Trinajstić information content (AvgIpc) is 3.76. The molecule has 2 atom stereocenters. The van der Waals surface area contributed by atoms with E-state index in [9.17, 15) is 32.3 Å². The lowest BCUT2D eigenvalue weighted by Crippen LogP contribution is -2.62. The Kier molecular flexibility index (Phi) is 12.0. The van der Waals surface area contributed by atoms with Crippen molar-refractivity contribution in [2.24, 2.45) is 11.3 Å². The van der Waals surface area contributed by atoms with Crippen LogP contribution in [-0.2, 0) is 25.3 Å². The number of hydrogen-bond acceptors (Lipinski definition) is 14. The van der Waals surface area contributed by atoms with Gasteiger partial charge in [0.05, 0.1) is 52.3 Å². The number of rotatable bonds is 13. The van der Waals surface area contributed by atoms with Crippen molar-refractivity contribution >= 4 is 69.5 Å². The molecule has 2 saturated heterocycles. The van der Waals surface area contributed by atoms with E-state index in [2.05, 4.69) is 41.2 Å². The minimum Gasteiger partial charge on any atom is -0.475 e. The van der Waals surface area contributed by atoms with Crippen molar-refractivity contribution in [3.8, 4) is 5.88 Å². The molecule has 3 aromatic heterocycles. The third kappa shape index (κ3) is 8.56. The highest BCUT2D eigenvalue weighted by atomic mass is 35.5. The van der Waals surface area contributed by atoms with E-state index in [1.807, 2.05) is 36.0 Å². The number of halogens is 4. The normalized spacial score (nSPS) is 18.8. The molecule has 0 bridgehead atoms. The molecule has 4 aliphatic rings. The standard InChI is InChI=1S/C42H43ClF3N11O6/c1-24(62-3)37-30(18-48-35-14-34(43)53-57(35)37)52-40(61)51-29-13-26(42(44,45)46)17-49-39(29)63-12-11-55-22-41(23-55)15-25(16-41)9-10-47-28-5-4-6-33-38(28)54(2)36(21-60)56(33)32-8-7-27(19-58)50-31(32)20-59/h4-6,13-14,17-18,24-25,32,47,50H,7-12,15-16,22-23H2,1-3H3,(H2,51,52,61)/t24-,32?/m0/s1. The SMILES string of the molecule is CO[C@@H](C)c1c(NC(=O)Nc2cc(C(F)(F)F)cnc2OCCN2CC3(CC(CCNc4cccc5c4N(C)C(=C=O)N5C4CCC(=C=O)NC4=C=O)C3)C2)cnc2cc(Cl)nn12. The number of allylic oxidation sites excluding steroid dienone is 1. The molecular formula is C42H43ClF3N11O6. The number of pyridine rings is 1. The van der Waals surface area contributed by atoms with E-state index in [0.717, 1.165) is 55.5 Å². The number of nitrogens with zero attached hydrogens (tertiary/aromatic N) is 7. The Morgan fingerprint density at radius 1 is 1.06 bits per heavy atom. The van der Waals surface area contributed by atoms with Crippen LogP contribution in [0.25, 0.3) is 5.65 Å². The summed E-state index contributed by atoms with van der Waals surface area (Å²) >= 11 is 6.07. The van der Waals surface area contributed by atoms with Crippen molar-refractivity contribution < 1.29 is 41.8 Å². The van der Waals surface area contributed by atoms with Gasteiger partial charge in [0.2, 0.25) is 11.7 Å². The quantitative estimate of drug-likeness (QED) is 0.117. The monoisotopic (exact) mass is 889 g/mol. The number of ether oxygens (including phenoxy) is 2. The van der Waals surface area contributed by atoms with E-state index in [0.29, 0.717) is 49.4 Å². The van der Waals surface area contributed by atoms with Gasteiger partial charge in [-0.15, -0.1) is 0 Å². The molecular weight excluding hydrogens is 847 g/mol. The molecule has 4 aromatic rings. The third-order valence-electron chi connectivity index (χ3n) is 12.1. The van der Waals surface area contributed by atoms with Gasteiger partial charge in [-0.1, -0.05) is 17.7 Å². The van der Waals surface area contributed by atoms with Crippen LogP contribution < -0.4 is 35.8 Å². The zero-order valence-corrected chi connectivity index (χ0v) is 35.2. The molecule has 1 spiro atoms. The number of aromatic nitrogens is 4. The van der Waals surface area contributed by atoms with E-state index in [-0.39, 0.29) is 51.6 Å². The van der Waals surface area contributed by atoms with E-state index < -0.39 is 29.9 Å². The third-order valence-corrected chi connectivity index (χ3v) is 12.2. The number of carbonyl (C=O) groups is 1. The second-order valence-electron chi connectivity index (χ2n) is 16.2. The minimum atomic E-state index is -4.72. The van der Waals surface area contributed by atoms with Gasteiger partial charge in [-0.05, 0) is 62.1 Å². The molecule has 17 nitrogen and oxygen atoms in total. The first kappa shape index (κ1) is 43.3. The molecule has 330 valence electrons. The molecule has 0 radical (unpaired) electrons. The summed E-state index contributed by atoms with van der Waals surface area (Å²) in [6, 6.07) is 6.63. The van der Waals surface area contributed by atoms with Crippen LogP contribution in [-0.4, -0.2) is 101 Å². The van der Waals surface area contributed by atoms with Crippen LogP contribution in [0.3, 0.4) is 0 Å². The van der Waals surface area contributed by atoms with Gasteiger partial charge in [0, 0.05) is 59.0 Å². The molecule has 1 saturated carbocycles. The lowest BCUT2D eigenvalue weighted by Gasteiger charge is -2.59. The number of para-hydroxylation sites is 1. The lowest BCUT2D eigenvalue weighted by atomic mass is 9.57. The fraction of sp³-hybridized carbons (Fsp3) is 0.429. The van der Waals surface area contributed by atoms with Crippen molar-refractivity contribution in [1.29, 1.82) is 0 Å². The number of methoxy groups -OCH3 is 1. The first-order chi connectivity index (χ1) is 30.2. The number of carbonyl (C=O) groups excluding carboxylic acids is 4. The van der Waals surface area contributed by atoms with Gasteiger partial charge in [-0.2, -0.15) is 18.3 Å². The minimum absolute atomic E-state index is 0.128. The summed E-state index contributed by atoms with van der Waals surface area (Å²) in [5.74, 6) is 6.35. The van der Waals surface area contributed by atoms with Gasteiger partial charge < -0.3 is 40.5 Å². The van der Waals surface area contributed by atoms with Crippen molar-refractivity contribution in [2.75, 3.05) is 72.7 Å². The van der Waals surface area contributed by atoms with Crippen LogP contribution in [0.15, 0.2) is 59.9 Å². The lowest BCUT2D eigenvalue weighted by molar-refractivity contribution is -0.137. The maximum Gasteiger partial charge on any atom is 0.417 e. The highest BCUT2D eigenvalue weighted by Crippen LogP contribution is 2.53. The predicted molar refractivity (Wildman–Crippen MR) is 227 cm³/mol. The van der Waals surface area contributed by atoms with E-state index in [4.69, 9.17) is 21.1 Å². The van der Waals surface area contributed by atoms with E-state index in [1.54, 1.807) is 23.8 Å². The van der Waals surface area contributed by atoms with Crippen molar-refractivity contribution in [2.45, 2.75) is 57.3 Å². The van der Waals surface area contributed by atoms with Gasteiger partial charge in [-0.3, -0.25) is 4.90 Å². The van der Waals surface area contributed by atoms with Crippen LogP contribution >= 0.6 is 11.6 Å². The zero-order chi connectivity index (χ0) is 44.6. The fourth-order valence-corrected chi connectivity index (χ4v) is 9.35. The van der Waals surface area contributed by atoms with Crippen LogP contribution in [0.1, 0.15) is 56.4 Å². The molecule has 3 fully saturated rings. The highest BCUT2D eigenvalue weighted by Gasteiger charge is 2.51. The highest BCUT2D eigenvalue weighted by molar-refractivity contribution is 6.29. The molecule has 6 heterocycles. The maximum atomic E-state index is 13.7. The van der Waals surface area contributed by atoms with E-state index >= 15 is 0 Å². The van der Waals surface area contributed by atoms with Gasteiger partial charge in [-0.25, -0.2) is 33.7 Å². The van der Waals surface area contributed by atoms with Crippen LogP contribution in [0.5, 0.6) is 5.88 Å². The molecule has 1 aliphatic carbocycles. The topological polar surface area (TPSA) is 188 Å².